The van der Waals surface area contributed by atoms with Crippen LogP contribution in [0.25, 0.3) is 0 Å². The van der Waals surface area contributed by atoms with E-state index < -0.39 is 23.1 Å². The summed E-state index contributed by atoms with van der Waals surface area (Å²) in [7, 11) is 0. The largest absolute Gasteiger partial charge is 0.481 e. The Labute approximate surface area is 204 Å². The number of hydrogen-bond donors (Lipinski definition) is 4. The Bertz CT molecular complexity index is 465. The Morgan fingerprint density at radius 2 is 0.970 bits per heavy atom. The molecule has 0 unspecified atom stereocenters. The summed E-state index contributed by atoms with van der Waals surface area (Å²) in [6, 6.07) is 0. The first kappa shape index (κ1) is 34.2. The molecule has 198 valence electrons. The van der Waals surface area contributed by atoms with Crippen molar-refractivity contribution in [2.24, 2.45) is 0 Å². The molecular formula is C27H55NO5. The van der Waals surface area contributed by atoms with Gasteiger partial charge in [-0.05, 0) is 73.6 Å². The number of nitrogens with zero attached hydrogens (tertiary/aromatic N) is 1. The van der Waals surface area contributed by atoms with Crippen molar-refractivity contribution in [3.63, 3.8) is 0 Å². The van der Waals surface area contributed by atoms with Crippen molar-refractivity contribution < 1.29 is 25.2 Å². The average Bonchev–Trinajstić information content (AvgIpc) is 2.61. The van der Waals surface area contributed by atoms with Crippen molar-refractivity contribution >= 4 is 5.97 Å². The predicted molar refractivity (Wildman–Crippen MR) is 138 cm³/mol. The van der Waals surface area contributed by atoms with Gasteiger partial charge in [0, 0.05) is 6.42 Å². The number of unbranched alkanes of at least 4 members (excludes halogenated alkanes) is 11. The second-order valence-electron chi connectivity index (χ2n) is 10.5. The fourth-order valence-corrected chi connectivity index (χ4v) is 4.36. The van der Waals surface area contributed by atoms with E-state index in [1.165, 1.54) is 117 Å². The van der Waals surface area contributed by atoms with Crippen LogP contribution in [0.4, 0.5) is 0 Å². The highest BCUT2D eigenvalue weighted by Gasteiger charge is 2.43. The first-order chi connectivity index (χ1) is 15.1. The molecule has 0 aliphatic heterocycles. The minimum absolute atomic E-state index is 0.332. The first-order valence-corrected chi connectivity index (χ1v) is 13.0. The lowest BCUT2D eigenvalue weighted by atomic mass is 10.1. The lowest BCUT2D eigenvalue weighted by molar-refractivity contribution is -0.288. The molecule has 0 aromatic carbocycles. The number of carboxylic acid groups (broad SMARTS) is 1. The van der Waals surface area contributed by atoms with Crippen LogP contribution in [0, 0.1) is 0 Å². The molecule has 0 aliphatic rings. The minimum atomic E-state index is -1.28. The van der Waals surface area contributed by atoms with E-state index in [2.05, 4.69) is 19.1 Å². The highest BCUT2D eigenvalue weighted by Crippen LogP contribution is 2.29. The number of allylic oxidation sites excluding steroid dienone is 2. The molecule has 33 heavy (non-hydrogen) atoms. The van der Waals surface area contributed by atoms with E-state index in [9.17, 15) is 20.1 Å². The smallest absolute Gasteiger partial charge is 0.303 e. The molecule has 0 fully saturated rings. The van der Waals surface area contributed by atoms with E-state index in [4.69, 9.17) is 5.11 Å². The van der Waals surface area contributed by atoms with Crippen molar-refractivity contribution in [2.45, 2.75) is 156 Å². The van der Waals surface area contributed by atoms with Gasteiger partial charge in [0.05, 0.1) is 0 Å². The molecule has 0 rings (SSSR count). The van der Waals surface area contributed by atoms with Gasteiger partial charge in [0.2, 0.25) is 0 Å². The van der Waals surface area contributed by atoms with Crippen LogP contribution < -0.4 is 0 Å². The van der Waals surface area contributed by atoms with Crippen molar-refractivity contribution in [1.82, 2.24) is 4.90 Å². The normalized spacial score (nSPS) is 12.8. The third kappa shape index (κ3) is 22.6. The molecule has 6 nitrogen and oxygen atoms in total. The number of carboxylic acids is 1. The zero-order valence-corrected chi connectivity index (χ0v) is 22.7. The Balaban J connectivity index is 0. The molecule has 4 N–H and O–H groups in total. The average molecular weight is 474 g/mol. The number of hydrogen-bond acceptors (Lipinski definition) is 5. The molecular weight excluding hydrogens is 418 g/mol. The molecule has 0 aliphatic carbocycles. The predicted octanol–water partition coefficient (Wildman–Crippen LogP) is 6.58. The van der Waals surface area contributed by atoms with Gasteiger partial charge in [0.25, 0.3) is 0 Å². The van der Waals surface area contributed by atoms with Gasteiger partial charge in [0.1, 0.15) is 17.2 Å². The summed E-state index contributed by atoms with van der Waals surface area (Å²) in [6.07, 6.45) is 21.2. The monoisotopic (exact) mass is 473 g/mol. The fraction of sp³-hybridized carbons (Fsp3) is 0.889. The van der Waals surface area contributed by atoms with Gasteiger partial charge in [-0.1, -0.05) is 70.4 Å². The number of aliphatic carboxylic acids is 1. The van der Waals surface area contributed by atoms with Crippen LogP contribution in [0.1, 0.15) is 138 Å². The van der Waals surface area contributed by atoms with Crippen LogP contribution in [-0.4, -0.2) is 48.5 Å². The van der Waals surface area contributed by atoms with Crippen LogP contribution in [0.5, 0.6) is 0 Å². The summed E-state index contributed by atoms with van der Waals surface area (Å²) in [5.41, 5.74) is -3.84. The van der Waals surface area contributed by atoms with E-state index in [-0.39, 0.29) is 0 Å². The van der Waals surface area contributed by atoms with Gasteiger partial charge in [-0.25, -0.2) is 4.90 Å². The lowest BCUT2D eigenvalue weighted by Crippen LogP contribution is -2.64. The van der Waals surface area contributed by atoms with Crippen LogP contribution in [0.15, 0.2) is 12.2 Å². The van der Waals surface area contributed by atoms with Crippen molar-refractivity contribution in [1.29, 1.82) is 0 Å². The summed E-state index contributed by atoms with van der Waals surface area (Å²) in [5.74, 6) is -0.664. The van der Waals surface area contributed by atoms with Crippen LogP contribution in [0.3, 0.4) is 0 Å². The summed E-state index contributed by atoms with van der Waals surface area (Å²) in [4.78, 5) is 11.6. The van der Waals surface area contributed by atoms with Crippen LogP contribution in [-0.2, 0) is 4.79 Å². The molecule has 0 amide bonds. The quantitative estimate of drug-likeness (QED) is 0.102. The Morgan fingerprint density at radius 3 is 1.27 bits per heavy atom. The van der Waals surface area contributed by atoms with Gasteiger partial charge >= 0.3 is 5.97 Å². The van der Waals surface area contributed by atoms with Gasteiger partial charge < -0.3 is 20.4 Å². The Hall–Kier alpha value is -0.950. The zero-order chi connectivity index (χ0) is 26.0. The SMILES string of the molecule is CC(C)(O)N(C(C)(C)O)C(C)(C)O.CCCCCCCC/C=C\CCCCCCCC(=O)O. The second-order valence-corrected chi connectivity index (χ2v) is 10.5. The summed E-state index contributed by atoms with van der Waals surface area (Å²) in [5, 5.41) is 37.8. The van der Waals surface area contributed by atoms with Gasteiger partial charge in [-0.15, -0.1) is 0 Å². The summed E-state index contributed by atoms with van der Waals surface area (Å²) >= 11 is 0. The maximum absolute atomic E-state index is 10.3. The van der Waals surface area contributed by atoms with E-state index in [0.717, 1.165) is 12.8 Å². The van der Waals surface area contributed by atoms with Crippen molar-refractivity contribution in [3.05, 3.63) is 12.2 Å². The Kier molecular flexibility index (Phi) is 19.1. The molecule has 0 heterocycles. The van der Waals surface area contributed by atoms with Gasteiger partial charge in [-0.3, -0.25) is 4.79 Å². The standard InChI is InChI=1S/C18H34O2.C9H21NO3/c1-2-3-4-5-6-7-8-9-10-11-12-13-14-15-16-17-18(19)20;1-7(2,11)10(8(3,4)12)9(5,6)13/h9-10H,2-8,11-17H2,1H3,(H,19,20);11-13H,1-6H3/b10-9-;. The lowest BCUT2D eigenvalue weighted by Gasteiger charge is -2.49. The maximum Gasteiger partial charge on any atom is 0.303 e. The van der Waals surface area contributed by atoms with Crippen molar-refractivity contribution in [2.75, 3.05) is 0 Å². The molecule has 0 radical (unpaired) electrons. The van der Waals surface area contributed by atoms with E-state index in [1.54, 1.807) is 0 Å². The second kappa shape index (κ2) is 18.4. The molecule has 0 saturated carbocycles. The van der Waals surface area contributed by atoms with E-state index >= 15 is 0 Å². The van der Waals surface area contributed by atoms with Gasteiger partial charge in [-0.2, -0.15) is 0 Å². The topological polar surface area (TPSA) is 101 Å². The number of carbonyl (C=O) groups is 1. The molecule has 0 spiro atoms. The van der Waals surface area contributed by atoms with Crippen molar-refractivity contribution in [3.8, 4) is 0 Å². The minimum Gasteiger partial charge on any atom is -0.481 e. The molecule has 0 saturated heterocycles. The zero-order valence-electron chi connectivity index (χ0n) is 22.7. The first-order valence-electron chi connectivity index (χ1n) is 13.0. The molecule has 0 bridgehead atoms. The number of rotatable bonds is 18. The number of aliphatic hydroxyl groups is 3. The Morgan fingerprint density at radius 1 is 0.636 bits per heavy atom. The summed E-state index contributed by atoms with van der Waals surface area (Å²) in [6.45, 7) is 11.4. The third-order valence-corrected chi connectivity index (χ3v) is 5.29. The fourth-order valence-electron chi connectivity index (χ4n) is 4.36. The summed E-state index contributed by atoms with van der Waals surface area (Å²) < 4.78 is 0. The third-order valence-electron chi connectivity index (χ3n) is 5.29. The highest BCUT2D eigenvalue weighted by molar-refractivity contribution is 5.66. The van der Waals surface area contributed by atoms with E-state index in [0.29, 0.717) is 6.42 Å². The molecule has 0 aromatic heterocycles. The van der Waals surface area contributed by atoms with Crippen LogP contribution >= 0.6 is 0 Å². The highest BCUT2D eigenvalue weighted by atomic mass is 16.4. The van der Waals surface area contributed by atoms with E-state index in [1.807, 2.05) is 0 Å². The van der Waals surface area contributed by atoms with Crippen LogP contribution in [0.2, 0.25) is 0 Å². The molecule has 6 heteroatoms. The molecule has 0 atom stereocenters. The maximum atomic E-state index is 10.3. The molecule has 0 aromatic rings. The van der Waals surface area contributed by atoms with Gasteiger partial charge in [0.15, 0.2) is 0 Å².